The number of carbonyl (C=O) groups excluding carboxylic acids is 2. The zero-order valence-corrected chi connectivity index (χ0v) is 20.7. The molecule has 0 spiro atoms. The van der Waals surface area contributed by atoms with Crippen molar-refractivity contribution in [2.75, 3.05) is 12.3 Å². The number of hydrogen-bond donors (Lipinski definition) is 2. The van der Waals surface area contributed by atoms with Crippen LogP contribution in [0.15, 0.2) is 84.9 Å². The first-order valence-corrected chi connectivity index (χ1v) is 12.6. The van der Waals surface area contributed by atoms with Crippen molar-refractivity contribution in [1.82, 2.24) is 10.2 Å². The Morgan fingerprint density at radius 1 is 0.886 bits per heavy atom. The zero-order chi connectivity index (χ0) is 25.2. The average molecular weight is 491 g/mol. The van der Waals surface area contributed by atoms with E-state index in [1.807, 2.05) is 80.6 Å². The Labute approximate surface area is 210 Å². The predicted molar refractivity (Wildman–Crippen MR) is 140 cm³/mol. The van der Waals surface area contributed by atoms with Gasteiger partial charge in [-0.15, -0.1) is 0 Å². The minimum Gasteiger partial charge on any atom is -0.480 e. The van der Waals surface area contributed by atoms with E-state index in [1.165, 1.54) is 11.8 Å². The summed E-state index contributed by atoms with van der Waals surface area (Å²) in [6, 6.07) is 24.6. The number of carboxylic acids is 1. The predicted octanol–water partition coefficient (Wildman–Crippen LogP) is 5.55. The molecule has 0 aliphatic heterocycles. The van der Waals surface area contributed by atoms with Crippen LogP contribution in [0.5, 0.6) is 0 Å². The number of hydrogen-bond acceptors (Lipinski definition) is 4. The molecule has 0 fully saturated rings. The number of nitrogens with zero attached hydrogens (tertiary/aromatic N) is 1. The summed E-state index contributed by atoms with van der Waals surface area (Å²) in [6.45, 7) is 3.97. The van der Waals surface area contributed by atoms with Gasteiger partial charge in [0.25, 0.3) is 5.91 Å². The molecule has 3 rings (SSSR count). The Morgan fingerprint density at radius 2 is 1.51 bits per heavy atom. The molecule has 0 aromatic heterocycles. The molecule has 7 heteroatoms. The molecule has 182 valence electrons. The molecule has 3 amide bonds. The summed E-state index contributed by atoms with van der Waals surface area (Å²) in [4.78, 5) is 39.4. The standard InChI is InChI=1S/C28H30N2O4S/c1-20(2)17-30(26(31)24-15-9-14-23(16-24)22-12-7-4-8-13-22)28(34)29-25(27(32)33)19-35-18-21-10-5-3-6-11-21/h3-16,20,25H,17-19H2,1-2H3,(H,29,34)(H,32,33)/t25-/m0/s1. The maximum absolute atomic E-state index is 13.4. The van der Waals surface area contributed by atoms with Gasteiger partial charge < -0.3 is 10.4 Å². The Bertz CT molecular complexity index is 1140. The molecule has 0 saturated carbocycles. The van der Waals surface area contributed by atoms with Gasteiger partial charge in [-0.25, -0.2) is 9.59 Å². The topological polar surface area (TPSA) is 86.7 Å². The van der Waals surface area contributed by atoms with Crippen molar-refractivity contribution in [2.24, 2.45) is 5.92 Å². The van der Waals surface area contributed by atoms with E-state index in [0.717, 1.165) is 21.6 Å². The highest BCUT2D eigenvalue weighted by Crippen LogP contribution is 2.21. The monoisotopic (exact) mass is 490 g/mol. The average Bonchev–Trinajstić information content (AvgIpc) is 2.87. The van der Waals surface area contributed by atoms with Crippen LogP contribution in [0, 0.1) is 5.92 Å². The van der Waals surface area contributed by atoms with E-state index in [4.69, 9.17) is 0 Å². The molecule has 0 radical (unpaired) electrons. The van der Waals surface area contributed by atoms with E-state index in [2.05, 4.69) is 5.32 Å². The summed E-state index contributed by atoms with van der Waals surface area (Å²) in [5.41, 5.74) is 3.26. The van der Waals surface area contributed by atoms with Gasteiger partial charge >= 0.3 is 12.0 Å². The van der Waals surface area contributed by atoms with Crippen molar-refractivity contribution >= 4 is 29.7 Å². The van der Waals surface area contributed by atoms with Crippen molar-refractivity contribution in [1.29, 1.82) is 0 Å². The first-order chi connectivity index (χ1) is 16.8. The van der Waals surface area contributed by atoms with E-state index in [-0.39, 0.29) is 18.2 Å². The normalized spacial score (nSPS) is 11.6. The molecule has 0 bridgehead atoms. The molecule has 0 saturated heterocycles. The van der Waals surface area contributed by atoms with Crippen molar-refractivity contribution in [3.63, 3.8) is 0 Å². The van der Waals surface area contributed by atoms with Crippen molar-refractivity contribution in [3.8, 4) is 11.1 Å². The Balaban J connectivity index is 1.73. The second kappa shape index (κ2) is 12.8. The maximum atomic E-state index is 13.4. The largest absolute Gasteiger partial charge is 0.480 e. The second-order valence-electron chi connectivity index (χ2n) is 8.60. The third-order valence-electron chi connectivity index (χ3n) is 5.25. The van der Waals surface area contributed by atoms with Gasteiger partial charge in [-0.1, -0.05) is 86.6 Å². The summed E-state index contributed by atoms with van der Waals surface area (Å²) in [7, 11) is 0. The quantitative estimate of drug-likeness (QED) is 0.389. The number of aliphatic carboxylic acids is 1. The lowest BCUT2D eigenvalue weighted by Crippen LogP contribution is -2.51. The first kappa shape index (κ1) is 26.0. The molecule has 1 atom stereocenters. The van der Waals surface area contributed by atoms with E-state index in [9.17, 15) is 19.5 Å². The van der Waals surface area contributed by atoms with Crippen LogP contribution in [0.2, 0.25) is 0 Å². The van der Waals surface area contributed by atoms with Crippen LogP contribution in [0.3, 0.4) is 0 Å². The summed E-state index contributed by atoms with van der Waals surface area (Å²) in [5.74, 6) is -0.778. The number of rotatable bonds is 10. The van der Waals surface area contributed by atoms with E-state index < -0.39 is 23.9 Å². The molecule has 3 aromatic rings. The summed E-state index contributed by atoms with van der Waals surface area (Å²) in [6.07, 6.45) is 0. The Morgan fingerprint density at radius 3 is 2.14 bits per heavy atom. The van der Waals surface area contributed by atoms with Gasteiger partial charge in [0.2, 0.25) is 0 Å². The summed E-state index contributed by atoms with van der Waals surface area (Å²) >= 11 is 1.42. The Kier molecular flexibility index (Phi) is 9.49. The molecule has 2 N–H and O–H groups in total. The lowest BCUT2D eigenvalue weighted by atomic mass is 10.0. The van der Waals surface area contributed by atoms with Gasteiger partial charge in [0.1, 0.15) is 6.04 Å². The molecule has 35 heavy (non-hydrogen) atoms. The fraction of sp³-hybridized carbons (Fsp3) is 0.250. The van der Waals surface area contributed by atoms with Crippen molar-refractivity contribution < 1.29 is 19.5 Å². The minimum absolute atomic E-state index is 0.0118. The fourth-order valence-corrected chi connectivity index (χ4v) is 4.52. The highest BCUT2D eigenvalue weighted by molar-refractivity contribution is 7.98. The number of urea groups is 1. The molecular weight excluding hydrogens is 460 g/mol. The molecular formula is C28H30N2O4S. The third kappa shape index (κ3) is 7.72. The summed E-state index contributed by atoms with van der Waals surface area (Å²) in [5, 5.41) is 12.2. The lowest BCUT2D eigenvalue weighted by Gasteiger charge is -2.25. The van der Waals surface area contributed by atoms with E-state index in [1.54, 1.807) is 18.2 Å². The second-order valence-corrected chi connectivity index (χ2v) is 9.63. The number of thioether (sulfide) groups is 1. The smallest absolute Gasteiger partial charge is 0.327 e. The minimum atomic E-state index is -1.14. The van der Waals surface area contributed by atoms with Crippen LogP contribution in [0.25, 0.3) is 11.1 Å². The SMILES string of the molecule is CC(C)CN(C(=O)N[C@@H](CSCc1ccccc1)C(=O)O)C(=O)c1cccc(-c2ccccc2)c1. The Hall–Kier alpha value is -3.58. The van der Waals surface area contributed by atoms with Crippen molar-refractivity contribution in [3.05, 3.63) is 96.1 Å². The molecule has 0 aliphatic carbocycles. The number of imide groups is 1. The third-order valence-corrected chi connectivity index (χ3v) is 6.35. The number of benzene rings is 3. The number of nitrogens with one attached hydrogen (secondary N) is 1. The fourth-order valence-electron chi connectivity index (χ4n) is 3.51. The van der Waals surface area contributed by atoms with Crippen LogP contribution >= 0.6 is 11.8 Å². The summed E-state index contributed by atoms with van der Waals surface area (Å²) < 4.78 is 0. The maximum Gasteiger partial charge on any atom is 0.327 e. The lowest BCUT2D eigenvalue weighted by molar-refractivity contribution is -0.138. The molecule has 0 aliphatic rings. The number of carboxylic acid groups (broad SMARTS) is 1. The molecule has 6 nitrogen and oxygen atoms in total. The van der Waals surface area contributed by atoms with Crippen LogP contribution in [-0.4, -0.2) is 46.3 Å². The van der Waals surface area contributed by atoms with Crippen LogP contribution < -0.4 is 5.32 Å². The zero-order valence-electron chi connectivity index (χ0n) is 19.9. The van der Waals surface area contributed by atoms with Gasteiger partial charge in [-0.05, 0) is 34.7 Å². The molecule has 0 heterocycles. The molecule has 0 unspecified atom stereocenters. The van der Waals surface area contributed by atoms with Gasteiger partial charge in [-0.3, -0.25) is 9.69 Å². The first-order valence-electron chi connectivity index (χ1n) is 11.5. The van der Waals surface area contributed by atoms with Gasteiger partial charge in [-0.2, -0.15) is 11.8 Å². The highest BCUT2D eigenvalue weighted by Gasteiger charge is 2.28. The van der Waals surface area contributed by atoms with Gasteiger partial charge in [0.05, 0.1) is 0 Å². The van der Waals surface area contributed by atoms with E-state index in [0.29, 0.717) is 11.3 Å². The van der Waals surface area contributed by atoms with E-state index >= 15 is 0 Å². The highest BCUT2D eigenvalue weighted by atomic mass is 32.2. The molecule has 3 aromatic carbocycles. The van der Waals surface area contributed by atoms with Gasteiger partial charge in [0, 0.05) is 23.6 Å². The van der Waals surface area contributed by atoms with Crippen LogP contribution in [-0.2, 0) is 10.5 Å². The van der Waals surface area contributed by atoms with Crippen LogP contribution in [0.1, 0.15) is 29.8 Å². The van der Waals surface area contributed by atoms with Gasteiger partial charge in [0.15, 0.2) is 0 Å². The number of amides is 3. The van der Waals surface area contributed by atoms with Crippen molar-refractivity contribution in [2.45, 2.75) is 25.6 Å². The van der Waals surface area contributed by atoms with Crippen LogP contribution in [0.4, 0.5) is 4.79 Å². The number of carbonyl (C=O) groups is 3.